The number of hydrogen-bond donors (Lipinski definition) is 0. The molecule has 0 aliphatic rings. The summed E-state index contributed by atoms with van der Waals surface area (Å²) in [6, 6.07) is 11.8. The highest BCUT2D eigenvalue weighted by Crippen LogP contribution is 2.11. The molecule has 1 heterocycles. The maximum Gasteiger partial charge on any atom is 0.0589 e. The molecule has 2 aromatic rings. The van der Waals surface area contributed by atoms with E-state index in [9.17, 15) is 4.21 Å². The van der Waals surface area contributed by atoms with E-state index in [1.54, 1.807) is 0 Å². The van der Waals surface area contributed by atoms with Crippen molar-refractivity contribution in [3.63, 3.8) is 0 Å². The predicted molar refractivity (Wildman–Crippen MR) is 62.0 cm³/mol. The highest BCUT2D eigenvalue weighted by molar-refractivity contribution is 7.84. The van der Waals surface area contributed by atoms with Crippen molar-refractivity contribution in [2.24, 2.45) is 7.05 Å². The molecule has 0 aliphatic carbocycles. The maximum absolute atomic E-state index is 11.9. The number of hydrogen-bond acceptors (Lipinski definition) is 1. The summed E-state index contributed by atoms with van der Waals surface area (Å²) in [6.45, 7) is 0. The van der Waals surface area contributed by atoms with Crippen LogP contribution in [0.4, 0.5) is 0 Å². The third-order valence-corrected chi connectivity index (χ3v) is 3.57. The Kier molecular flexibility index (Phi) is 3.02. The molecule has 0 N–H and O–H groups in total. The normalized spacial score (nSPS) is 12.6. The van der Waals surface area contributed by atoms with Gasteiger partial charge in [-0.05, 0) is 11.6 Å². The van der Waals surface area contributed by atoms with E-state index in [-0.39, 0.29) is 0 Å². The molecule has 3 heteroatoms. The zero-order chi connectivity index (χ0) is 10.7. The Labute approximate surface area is 92.0 Å². The summed E-state index contributed by atoms with van der Waals surface area (Å²) in [5.41, 5.74) is 1.11. The van der Waals surface area contributed by atoms with Gasteiger partial charge in [-0.25, -0.2) is 0 Å². The lowest BCUT2D eigenvalue weighted by Gasteiger charge is -1.99. The van der Waals surface area contributed by atoms with E-state index in [2.05, 4.69) is 0 Å². The van der Waals surface area contributed by atoms with Crippen LogP contribution in [0.2, 0.25) is 0 Å². The molecular formula is C12H13NOS. The molecule has 1 unspecified atom stereocenters. The fraction of sp³-hybridized carbons (Fsp3) is 0.167. The van der Waals surface area contributed by atoms with E-state index in [0.717, 1.165) is 10.5 Å². The van der Waals surface area contributed by atoms with E-state index >= 15 is 0 Å². The lowest BCUT2D eigenvalue weighted by Crippen LogP contribution is -1.94. The van der Waals surface area contributed by atoms with Crippen LogP contribution in [0, 0.1) is 0 Å². The van der Waals surface area contributed by atoms with Crippen LogP contribution < -0.4 is 0 Å². The average molecular weight is 219 g/mol. The van der Waals surface area contributed by atoms with Crippen LogP contribution >= 0.6 is 0 Å². The number of nitrogens with zero attached hydrogens (tertiary/aromatic N) is 1. The molecule has 0 bridgehead atoms. The average Bonchev–Trinajstić information content (AvgIpc) is 2.66. The molecule has 0 fully saturated rings. The minimum absolute atomic E-state index is 0.588. The van der Waals surface area contributed by atoms with Crippen molar-refractivity contribution in [2.75, 3.05) is 0 Å². The molecule has 0 radical (unpaired) electrons. The van der Waals surface area contributed by atoms with Crippen LogP contribution in [-0.4, -0.2) is 8.78 Å². The van der Waals surface area contributed by atoms with Crippen molar-refractivity contribution >= 4 is 10.8 Å². The molecule has 0 aliphatic heterocycles. The fourth-order valence-electron chi connectivity index (χ4n) is 1.42. The van der Waals surface area contributed by atoms with Crippen molar-refractivity contribution < 1.29 is 4.21 Å². The summed E-state index contributed by atoms with van der Waals surface area (Å²) in [4.78, 5) is 0.890. The van der Waals surface area contributed by atoms with E-state index < -0.39 is 10.8 Å². The van der Waals surface area contributed by atoms with Crippen molar-refractivity contribution in [3.05, 3.63) is 54.4 Å². The smallest absolute Gasteiger partial charge is 0.0589 e. The summed E-state index contributed by atoms with van der Waals surface area (Å²) in [5.74, 6) is 0.588. The highest BCUT2D eigenvalue weighted by atomic mass is 32.2. The van der Waals surface area contributed by atoms with Gasteiger partial charge in [-0.1, -0.05) is 30.3 Å². The Morgan fingerprint density at radius 3 is 2.53 bits per heavy atom. The van der Waals surface area contributed by atoms with Gasteiger partial charge in [-0.15, -0.1) is 0 Å². The van der Waals surface area contributed by atoms with Gasteiger partial charge in [-0.3, -0.25) is 4.21 Å². The SMILES string of the molecule is Cn1ccc(S(=O)Cc2ccccc2)c1. The molecule has 15 heavy (non-hydrogen) atoms. The van der Waals surface area contributed by atoms with Gasteiger partial charge in [0.05, 0.1) is 21.4 Å². The summed E-state index contributed by atoms with van der Waals surface area (Å²) in [6.07, 6.45) is 3.82. The molecule has 1 aromatic heterocycles. The first-order valence-corrected chi connectivity index (χ1v) is 6.12. The van der Waals surface area contributed by atoms with Gasteiger partial charge < -0.3 is 4.57 Å². The maximum atomic E-state index is 11.9. The van der Waals surface area contributed by atoms with Gasteiger partial charge in [0.2, 0.25) is 0 Å². The Bertz CT molecular complexity index is 461. The van der Waals surface area contributed by atoms with Crippen molar-refractivity contribution in [1.29, 1.82) is 0 Å². The molecule has 78 valence electrons. The minimum atomic E-state index is -0.934. The second kappa shape index (κ2) is 4.45. The van der Waals surface area contributed by atoms with E-state index in [1.807, 2.05) is 60.4 Å². The molecule has 0 saturated carbocycles. The standard InChI is InChI=1S/C12H13NOS/c1-13-8-7-12(9-13)15(14)10-11-5-3-2-4-6-11/h2-9H,10H2,1H3. The molecule has 0 saturated heterocycles. The molecule has 1 atom stereocenters. The number of aromatic nitrogens is 1. The number of benzene rings is 1. The van der Waals surface area contributed by atoms with Crippen LogP contribution in [0.3, 0.4) is 0 Å². The third kappa shape index (κ3) is 2.57. The molecule has 0 spiro atoms. The molecule has 2 rings (SSSR count). The van der Waals surface area contributed by atoms with Crippen LogP contribution in [-0.2, 0) is 23.6 Å². The third-order valence-electron chi connectivity index (χ3n) is 2.21. The van der Waals surface area contributed by atoms with E-state index in [4.69, 9.17) is 0 Å². The molecular weight excluding hydrogens is 206 g/mol. The van der Waals surface area contributed by atoms with Crippen molar-refractivity contribution in [1.82, 2.24) is 4.57 Å². The Morgan fingerprint density at radius 2 is 1.93 bits per heavy atom. The van der Waals surface area contributed by atoms with Gasteiger partial charge in [-0.2, -0.15) is 0 Å². The Hall–Kier alpha value is -1.35. The largest absolute Gasteiger partial charge is 0.356 e. The van der Waals surface area contributed by atoms with Crippen LogP contribution in [0.1, 0.15) is 5.56 Å². The summed E-state index contributed by atoms with van der Waals surface area (Å²) < 4.78 is 13.8. The Balaban J connectivity index is 2.11. The first kappa shape index (κ1) is 10.2. The fourth-order valence-corrected chi connectivity index (χ4v) is 2.58. The summed E-state index contributed by atoms with van der Waals surface area (Å²) in [5, 5.41) is 0. The lowest BCUT2D eigenvalue weighted by molar-refractivity contribution is 0.682. The van der Waals surface area contributed by atoms with Gasteiger partial charge in [0.15, 0.2) is 0 Å². The van der Waals surface area contributed by atoms with E-state index in [0.29, 0.717) is 5.75 Å². The Morgan fingerprint density at radius 1 is 1.20 bits per heavy atom. The van der Waals surface area contributed by atoms with Gasteiger partial charge >= 0.3 is 0 Å². The molecule has 2 nitrogen and oxygen atoms in total. The number of rotatable bonds is 3. The first-order chi connectivity index (χ1) is 7.25. The summed E-state index contributed by atoms with van der Waals surface area (Å²) in [7, 11) is 0.999. The van der Waals surface area contributed by atoms with Gasteiger partial charge in [0.25, 0.3) is 0 Å². The van der Waals surface area contributed by atoms with E-state index in [1.165, 1.54) is 0 Å². The van der Waals surface area contributed by atoms with Crippen LogP contribution in [0.25, 0.3) is 0 Å². The highest BCUT2D eigenvalue weighted by Gasteiger charge is 2.05. The molecule has 0 amide bonds. The lowest BCUT2D eigenvalue weighted by atomic mass is 10.2. The first-order valence-electron chi connectivity index (χ1n) is 4.80. The van der Waals surface area contributed by atoms with Crippen molar-refractivity contribution in [3.8, 4) is 0 Å². The zero-order valence-corrected chi connectivity index (χ0v) is 9.41. The minimum Gasteiger partial charge on any atom is -0.356 e. The van der Waals surface area contributed by atoms with Crippen LogP contribution in [0.5, 0.6) is 0 Å². The number of aryl methyl sites for hydroxylation is 1. The van der Waals surface area contributed by atoms with Gasteiger partial charge in [0.1, 0.15) is 0 Å². The second-order valence-electron chi connectivity index (χ2n) is 3.49. The summed E-state index contributed by atoms with van der Waals surface area (Å²) >= 11 is 0. The predicted octanol–water partition coefficient (Wildman–Crippen LogP) is 2.33. The van der Waals surface area contributed by atoms with Gasteiger partial charge in [0, 0.05) is 19.4 Å². The monoisotopic (exact) mass is 219 g/mol. The van der Waals surface area contributed by atoms with Crippen LogP contribution in [0.15, 0.2) is 53.7 Å². The molecule has 1 aromatic carbocycles. The second-order valence-corrected chi connectivity index (χ2v) is 4.94. The van der Waals surface area contributed by atoms with Crippen molar-refractivity contribution in [2.45, 2.75) is 10.6 Å². The quantitative estimate of drug-likeness (QED) is 0.776. The topological polar surface area (TPSA) is 22.0 Å². The zero-order valence-electron chi connectivity index (χ0n) is 8.59.